The highest BCUT2D eigenvalue weighted by Gasteiger charge is 2.18. The van der Waals surface area contributed by atoms with E-state index < -0.39 is 17.2 Å². The summed E-state index contributed by atoms with van der Waals surface area (Å²) >= 11 is 1.55. The Morgan fingerprint density at radius 1 is 1.06 bits per heavy atom. The van der Waals surface area contributed by atoms with E-state index in [2.05, 4.69) is 15.3 Å². The number of nitrogens with one attached hydrogen (secondary N) is 1. The van der Waals surface area contributed by atoms with Crippen LogP contribution in [0.4, 0.5) is 5.69 Å². The summed E-state index contributed by atoms with van der Waals surface area (Å²) in [5.74, 6) is 0.183. The normalized spacial score (nSPS) is 10.8. The zero-order valence-electron chi connectivity index (χ0n) is 18.0. The van der Waals surface area contributed by atoms with Crippen LogP contribution in [0.2, 0.25) is 0 Å². The lowest BCUT2D eigenvalue weighted by Gasteiger charge is -2.13. The summed E-state index contributed by atoms with van der Waals surface area (Å²) in [7, 11) is 1.54. The number of carbonyl (C=O) groups excluding carboxylic acids is 1. The Morgan fingerprint density at radius 2 is 1.85 bits per heavy atom. The number of methoxy groups -OCH3 is 1. The minimum atomic E-state index is -0.649. The molecule has 0 aliphatic carbocycles. The van der Waals surface area contributed by atoms with Gasteiger partial charge in [0.2, 0.25) is 5.91 Å². The zero-order chi connectivity index (χ0) is 23.4. The largest absolute Gasteiger partial charge is 0.497 e. The number of hydrogen-bond acceptors (Lipinski definition) is 7. The van der Waals surface area contributed by atoms with Crippen molar-refractivity contribution in [2.45, 2.75) is 18.0 Å². The van der Waals surface area contributed by atoms with Gasteiger partial charge in [-0.05, 0) is 42.2 Å². The molecule has 0 aliphatic rings. The first-order chi connectivity index (χ1) is 16.0. The van der Waals surface area contributed by atoms with Gasteiger partial charge in [-0.3, -0.25) is 18.7 Å². The van der Waals surface area contributed by atoms with Gasteiger partial charge in [-0.2, -0.15) is 0 Å². The Hall–Kier alpha value is -3.92. The van der Waals surface area contributed by atoms with E-state index in [1.165, 1.54) is 19.5 Å². The topological polar surface area (TPSA) is 108 Å². The predicted octanol–water partition coefficient (Wildman–Crippen LogP) is 2.37. The van der Waals surface area contributed by atoms with Crippen LogP contribution in [0.1, 0.15) is 5.56 Å². The van der Waals surface area contributed by atoms with Crippen LogP contribution in [0.15, 0.2) is 75.4 Å². The van der Waals surface area contributed by atoms with Gasteiger partial charge in [0.25, 0.3) is 5.56 Å². The highest BCUT2D eigenvalue weighted by atomic mass is 32.2. The van der Waals surface area contributed by atoms with E-state index in [0.29, 0.717) is 17.0 Å². The van der Waals surface area contributed by atoms with Crippen LogP contribution in [0.3, 0.4) is 0 Å². The fraction of sp³-hybridized carbons (Fsp3) is 0.174. The highest BCUT2D eigenvalue weighted by molar-refractivity contribution is 7.98. The molecule has 0 aliphatic heterocycles. The minimum Gasteiger partial charge on any atom is -0.497 e. The first kappa shape index (κ1) is 22.3. The molecule has 9 nitrogen and oxygen atoms in total. The molecule has 0 radical (unpaired) electrons. The van der Waals surface area contributed by atoms with Crippen LogP contribution in [0, 0.1) is 0 Å². The molecule has 2 heterocycles. The summed E-state index contributed by atoms with van der Waals surface area (Å²) in [5, 5.41) is 2.79. The van der Waals surface area contributed by atoms with Gasteiger partial charge in [0.15, 0.2) is 11.2 Å². The fourth-order valence-electron chi connectivity index (χ4n) is 3.41. The third-order valence-electron chi connectivity index (χ3n) is 4.97. The molecule has 33 heavy (non-hydrogen) atoms. The number of benzene rings is 2. The molecule has 10 heteroatoms. The summed E-state index contributed by atoms with van der Waals surface area (Å²) in [6.07, 6.45) is 4.70. The molecule has 0 fully saturated rings. The number of thioether (sulfide) groups is 1. The van der Waals surface area contributed by atoms with Crippen molar-refractivity contribution in [1.29, 1.82) is 0 Å². The molecule has 168 valence electrons. The molecular formula is C23H21N5O4S. The van der Waals surface area contributed by atoms with Gasteiger partial charge in [0.05, 0.1) is 13.7 Å². The zero-order valence-corrected chi connectivity index (χ0v) is 18.8. The number of nitrogens with zero attached hydrogens (tertiary/aromatic N) is 4. The molecular weight excluding hydrogens is 442 g/mol. The minimum absolute atomic E-state index is 0.00122. The van der Waals surface area contributed by atoms with Crippen molar-refractivity contribution in [2.24, 2.45) is 0 Å². The van der Waals surface area contributed by atoms with Crippen molar-refractivity contribution in [1.82, 2.24) is 19.1 Å². The summed E-state index contributed by atoms with van der Waals surface area (Å²) in [4.78, 5) is 48.4. The fourth-order valence-corrected chi connectivity index (χ4v) is 3.87. The lowest BCUT2D eigenvalue weighted by atomic mass is 10.2. The van der Waals surface area contributed by atoms with E-state index in [1.54, 1.807) is 42.1 Å². The number of fused-ring (bicyclic) bond motifs is 1. The van der Waals surface area contributed by atoms with Gasteiger partial charge in [-0.25, -0.2) is 14.8 Å². The molecule has 0 saturated carbocycles. The second kappa shape index (κ2) is 9.70. The van der Waals surface area contributed by atoms with Crippen molar-refractivity contribution in [3.8, 4) is 5.75 Å². The number of ether oxygens (including phenoxy) is 1. The van der Waals surface area contributed by atoms with Gasteiger partial charge < -0.3 is 10.1 Å². The van der Waals surface area contributed by atoms with Gasteiger partial charge in [-0.1, -0.05) is 18.2 Å². The van der Waals surface area contributed by atoms with E-state index in [4.69, 9.17) is 4.74 Å². The second-order valence-electron chi connectivity index (χ2n) is 7.12. The van der Waals surface area contributed by atoms with Crippen LogP contribution in [-0.2, 0) is 17.9 Å². The molecule has 0 unspecified atom stereocenters. The predicted molar refractivity (Wildman–Crippen MR) is 127 cm³/mol. The summed E-state index contributed by atoms with van der Waals surface area (Å²) in [6.45, 7) is -0.325. The Bertz CT molecular complexity index is 1450. The Kier molecular flexibility index (Phi) is 6.55. The van der Waals surface area contributed by atoms with Crippen molar-refractivity contribution < 1.29 is 9.53 Å². The molecule has 2 aromatic carbocycles. The van der Waals surface area contributed by atoms with Crippen LogP contribution < -0.4 is 21.3 Å². The third-order valence-corrected chi connectivity index (χ3v) is 5.70. The maximum Gasteiger partial charge on any atom is 0.333 e. The molecule has 0 spiro atoms. The van der Waals surface area contributed by atoms with Crippen LogP contribution >= 0.6 is 11.8 Å². The lowest BCUT2D eigenvalue weighted by molar-refractivity contribution is -0.116. The summed E-state index contributed by atoms with van der Waals surface area (Å²) in [5.41, 5.74) is 0.153. The smallest absolute Gasteiger partial charge is 0.333 e. The van der Waals surface area contributed by atoms with Gasteiger partial charge in [0, 0.05) is 23.0 Å². The first-order valence-electron chi connectivity index (χ1n) is 10.0. The molecule has 4 aromatic rings. The van der Waals surface area contributed by atoms with Crippen molar-refractivity contribution in [2.75, 3.05) is 18.7 Å². The van der Waals surface area contributed by atoms with E-state index in [1.807, 2.05) is 24.5 Å². The molecule has 1 amide bonds. The Morgan fingerprint density at radius 3 is 2.64 bits per heavy atom. The average molecular weight is 464 g/mol. The van der Waals surface area contributed by atoms with E-state index in [-0.39, 0.29) is 24.3 Å². The van der Waals surface area contributed by atoms with Crippen LogP contribution in [-0.4, -0.2) is 38.4 Å². The van der Waals surface area contributed by atoms with Gasteiger partial charge >= 0.3 is 5.69 Å². The molecule has 0 saturated heterocycles. The van der Waals surface area contributed by atoms with E-state index in [9.17, 15) is 14.4 Å². The van der Waals surface area contributed by atoms with Crippen molar-refractivity contribution in [3.63, 3.8) is 0 Å². The van der Waals surface area contributed by atoms with Gasteiger partial charge in [0.1, 0.15) is 12.3 Å². The number of aromatic nitrogens is 4. The second-order valence-corrected chi connectivity index (χ2v) is 8.00. The molecule has 1 N–H and O–H groups in total. The van der Waals surface area contributed by atoms with Crippen molar-refractivity contribution in [3.05, 3.63) is 87.3 Å². The summed E-state index contributed by atoms with van der Waals surface area (Å²) < 4.78 is 7.44. The SMILES string of the molecule is COc1cccc(Cn2c(=O)c3nccnc3n(CC(=O)Nc3cccc(SC)c3)c2=O)c1. The highest BCUT2D eigenvalue weighted by Crippen LogP contribution is 2.19. The number of amides is 1. The molecule has 2 aromatic heterocycles. The number of carbonyl (C=O) groups is 1. The number of rotatable bonds is 7. The van der Waals surface area contributed by atoms with E-state index >= 15 is 0 Å². The maximum atomic E-state index is 13.3. The third kappa shape index (κ3) is 4.80. The van der Waals surface area contributed by atoms with Crippen molar-refractivity contribution >= 4 is 34.5 Å². The monoisotopic (exact) mass is 463 g/mol. The van der Waals surface area contributed by atoms with Gasteiger partial charge in [-0.15, -0.1) is 11.8 Å². The molecule has 0 bridgehead atoms. The molecule has 0 atom stereocenters. The summed E-state index contributed by atoms with van der Waals surface area (Å²) in [6, 6.07) is 14.4. The maximum absolute atomic E-state index is 13.3. The van der Waals surface area contributed by atoms with E-state index in [0.717, 1.165) is 14.0 Å². The van der Waals surface area contributed by atoms with Crippen LogP contribution in [0.25, 0.3) is 11.2 Å². The lowest BCUT2D eigenvalue weighted by Crippen LogP contribution is -2.42. The standard InChI is InChI=1S/C23H21N5O4S/c1-32-17-7-3-5-15(11-17)13-28-22(30)20-21(25-10-9-24-20)27(23(28)31)14-19(29)26-16-6-4-8-18(12-16)33-2/h3-12H,13-14H2,1-2H3,(H,26,29). The number of hydrogen-bond donors (Lipinski definition) is 1. The first-order valence-corrected chi connectivity index (χ1v) is 11.2. The molecule has 4 rings (SSSR count). The number of anilines is 1. The van der Waals surface area contributed by atoms with Crippen LogP contribution in [0.5, 0.6) is 5.75 Å². The Balaban J connectivity index is 1.73. The quantitative estimate of drug-likeness (QED) is 0.419. The Labute approximate surface area is 193 Å². The average Bonchev–Trinajstić information content (AvgIpc) is 2.84.